The molecule has 0 unspecified atom stereocenters. The minimum absolute atomic E-state index is 0.0454. The standard InChI is InChI=1S/C16H12N2O3.C12H7NO3.C11H13NO3S.CH3F/c17-7-1-2-8-20-12-4-6-14-16(10-12)21-15-9-11(19)3-5-13(15)18-14;14-7-1-3-9-11(5-7)16-12-6-8(15)2-4-10(12)13-9;1-10-4-6-11(7-5-10)16(13,14)15-9-3-2-8-12;1-2/h3-6,9-10H,1-2,8H2;1-6,14H;4-7H,2-3,9H2,1H3;1H3/i;;;1D. The van der Waals surface area contributed by atoms with Crippen LogP contribution in [-0.2, 0) is 14.3 Å². The third-order valence-corrected chi connectivity index (χ3v) is 8.67. The molecule has 0 aromatic heterocycles. The smallest absolute Gasteiger partial charge is 0.296 e. The van der Waals surface area contributed by atoms with Crippen molar-refractivity contribution >= 4 is 32.3 Å². The van der Waals surface area contributed by atoms with Crippen LogP contribution in [0.25, 0.3) is 45.1 Å². The fraction of sp³-hybridized carbons (Fsp3) is 0.200. The summed E-state index contributed by atoms with van der Waals surface area (Å²) in [5.41, 5.74) is 4.37. The van der Waals surface area contributed by atoms with Crippen LogP contribution < -0.4 is 15.6 Å². The molecule has 3 aromatic carbocycles. The number of ether oxygens (including phenoxy) is 1. The first kappa shape index (κ1) is 39.5. The molecule has 7 rings (SSSR count). The van der Waals surface area contributed by atoms with E-state index in [1.165, 1.54) is 42.5 Å². The number of alkyl halides is 1. The lowest BCUT2D eigenvalue weighted by Crippen LogP contribution is -2.07. The lowest BCUT2D eigenvalue weighted by Gasteiger charge is -2.08. The second-order valence-electron chi connectivity index (χ2n) is 11.4. The summed E-state index contributed by atoms with van der Waals surface area (Å²) in [6, 6.07) is 29.4. The van der Waals surface area contributed by atoms with Gasteiger partial charge in [0.1, 0.15) is 33.9 Å². The van der Waals surface area contributed by atoms with Crippen LogP contribution in [0.2, 0.25) is 0 Å². The zero-order chi connectivity index (χ0) is 40.5. The molecule has 0 amide bonds. The zero-order valence-corrected chi connectivity index (χ0v) is 30.3. The number of unbranched alkanes of at least 4 members (excludes halogenated alkanes) is 2. The first-order valence-electron chi connectivity index (χ1n) is 17.2. The van der Waals surface area contributed by atoms with Gasteiger partial charge in [-0.1, -0.05) is 17.7 Å². The number of phenols is 1. The number of fused-ring (bicyclic) bond motifs is 4. The van der Waals surface area contributed by atoms with E-state index in [9.17, 15) is 27.5 Å². The number of hydrogen-bond acceptors (Lipinski definition) is 13. The van der Waals surface area contributed by atoms with Gasteiger partial charge >= 0.3 is 0 Å². The summed E-state index contributed by atoms with van der Waals surface area (Å²) in [5, 5.41) is 26.1. The summed E-state index contributed by atoms with van der Waals surface area (Å²) < 4.78 is 60.2. The predicted molar refractivity (Wildman–Crippen MR) is 202 cm³/mol. The number of halogens is 1. The van der Waals surface area contributed by atoms with E-state index in [-0.39, 0.29) is 28.1 Å². The van der Waals surface area contributed by atoms with E-state index in [1.807, 2.05) is 25.1 Å². The number of aromatic hydroxyl groups is 1. The predicted octanol–water partition coefficient (Wildman–Crippen LogP) is 7.56. The highest BCUT2D eigenvalue weighted by Crippen LogP contribution is 2.27. The van der Waals surface area contributed by atoms with Crippen molar-refractivity contribution < 1.29 is 37.0 Å². The van der Waals surface area contributed by atoms with Gasteiger partial charge in [-0.25, -0.2) is 9.97 Å². The van der Waals surface area contributed by atoms with Crippen molar-refractivity contribution in [3.63, 3.8) is 0 Å². The van der Waals surface area contributed by atoms with Crippen LogP contribution in [0.5, 0.6) is 11.5 Å². The van der Waals surface area contributed by atoms with Crippen molar-refractivity contribution in [1.29, 1.82) is 10.5 Å². The Morgan fingerprint density at radius 3 is 1.85 bits per heavy atom. The van der Waals surface area contributed by atoms with E-state index in [0.29, 0.717) is 83.1 Å². The highest BCUT2D eigenvalue weighted by Gasteiger charge is 2.14. The summed E-state index contributed by atoms with van der Waals surface area (Å²) in [6.45, 7) is 2.40. The Morgan fingerprint density at radius 1 is 0.764 bits per heavy atom. The molecule has 1 N–H and O–H groups in total. The molecule has 13 nitrogen and oxygen atoms in total. The topological polar surface area (TPSA) is 207 Å². The molecular formula is C40H35FN4O9S. The second-order valence-corrected chi connectivity index (χ2v) is 13.0. The van der Waals surface area contributed by atoms with E-state index in [4.69, 9.17) is 29.6 Å². The van der Waals surface area contributed by atoms with Gasteiger partial charge in [0, 0.05) is 37.1 Å². The molecule has 0 bridgehead atoms. The Morgan fingerprint density at radius 2 is 1.29 bits per heavy atom. The summed E-state index contributed by atoms with van der Waals surface area (Å²) in [6.07, 6.45) is 1.86. The largest absolute Gasteiger partial charge is 0.508 e. The Labute approximate surface area is 316 Å². The van der Waals surface area contributed by atoms with Gasteiger partial charge in [-0.2, -0.15) is 18.9 Å². The molecule has 0 saturated heterocycles. The summed E-state index contributed by atoms with van der Waals surface area (Å²) >= 11 is 0. The minimum Gasteiger partial charge on any atom is -0.508 e. The average molecular weight is 768 g/mol. The fourth-order valence-electron chi connectivity index (χ4n) is 4.70. The van der Waals surface area contributed by atoms with Gasteiger partial charge in [-0.3, -0.25) is 18.2 Å². The van der Waals surface area contributed by atoms with Crippen LogP contribution in [-0.4, -0.2) is 43.9 Å². The maximum absolute atomic E-state index is 11.6. The van der Waals surface area contributed by atoms with Crippen LogP contribution in [0.3, 0.4) is 0 Å². The van der Waals surface area contributed by atoms with Crippen LogP contribution in [0, 0.1) is 29.6 Å². The first-order chi connectivity index (χ1) is 27.0. The zero-order valence-electron chi connectivity index (χ0n) is 30.5. The lowest BCUT2D eigenvalue weighted by molar-refractivity contribution is 0.312. The Bertz CT molecular complexity index is 2620. The monoisotopic (exact) mass is 767 g/mol. The Hall–Kier alpha value is -6.68. The Kier molecular flexibility index (Phi) is 14.3. The fourth-order valence-corrected chi connectivity index (χ4v) is 5.65. The van der Waals surface area contributed by atoms with E-state index < -0.39 is 17.3 Å². The maximum atomic E-state index is 11.6. The number of aryl methyl sites for hydroxylation is 1. The molecule has 0 radical (unpaired) electrons. The van der Waals surface area contributed by atoms with Gasteiger partial charge in [0.15, 0.2) is 33.5 Å². The summed E-state index contributed by atoms with van der Waals surface area (Å²) in [4.78, 5) is 31.4. The van der Waals surface area contributed by atoms with E-state index >= 15 is 0 Å². The molecule has 282 valence electrons. The van der Waals surface area contributed by atoms with Crippen LogP contribution >= 0.6 is 0 Å². The first-order valence-corrected chi connectivity index (χ1v) is 17.9. The molecule has 0 saturated carbocycles. The van der Waals surface area contributed by atoms with Gasteiger partial charge in [-0.15, -0.1) is 0 Å². The average Bonchev–Trinajstić information content (AvgIpc) is 3.17. The number of nitrogens with zero attached hydrogens (tertiary/aromatic N) is 4. The van der Waals surface area contributed by atoms with E-state index in [2.05, 4.69) is 16.0 Å². The maximum Gasteiger partial charge on any atom is 0.296 e. The molecule has 2 heterocycles. The highest BCUT2D eigenvalue weighted by molar-refractivity contribution is 7.86. The van der Waals surface area contributed by atoms with Gasteiger partial charge in [0.05, 0.1) is 38.8 Å². The van der Waals surface area contributed by atoms with Crippen molar-refractivity contribution in [1.82, 2.24) is 9.97 Å². The number of benzene rings is 5. The lowest BCUT2D eigenvalue weighted by atomic mass is 10.2. The van der Waals surface area contributed by atoms with Gasteiger partial charge < -0.3 is 18.7 Å². The van der Waals surface area contributed by atoms with Crippen LogP contribution in [0.15, 0.2) is 120 Å². The van der Waals surface area contributed by atoms with Gasteiger partial charge in [-0.05, 0) is 80.4 Å². The molecule has 4 aliphatic rings. The quantitative estimate of drug-likeness (QED) is 0.0856. The number of rotatable bonds is 9. The van der Waals surface area contributed by atoms with Gasteiger partial charge in [0.25, 0.3) is 10.1 Å². The number of phenolic OH excluding ortho intramolecular Hbond substituents is 1. The van der Waals surface area contributed by atoms with E-state index in [1.54, 1.807) is 42.5 Å². The van der Waals surface area contributed by atoms with Gasteiger partial charge in [0.2, 0.25) is 0 Å². The Balaban J connectivity index is 0.000000182. The molecule has 55 heavy (non-hydrogen) atoms. The van der Waals surface area contributed by atoms with Crippen molar-refractivity contribution in [3.8, 4) is 46.5 Å². The summed E-state index contributed by atoms with van der Waals surface area (Å²) in [5.74, 6) is 1.64. The highest BCUT2D eigenvalue weighted by atomic mass is 32.2. The number of aromatic nitrogens is 2. The summed E-state index contributed by atoms with van der Waals surface area (Å²) in [7, 11) is -4.67. The van der Waals surface area contributed by atoms with Crippen molar-refractivity contribution in [2.75, 3.05) is 20.4 Å². The molecule has 0 spiro atoms. The molecule has 3 aromatic rings. The van der Waals surface area contributed by atoms with Crippen LogP contribution in [0.1, 0.15) is 32.6 Å². The third kappa shape index (κ3) is 11.9. The molecular weight excluding hydrogens is 732 g/mol. The normalized spacial score (nSPS) is 10.8. The SMILES string of the molecule is Cc1ccc(S(=O)(=O)OCCCC#N)cc1.N#CCCCOc1ccc2nc3ccc(=O)cc-3oc2c1.O=c1ccc2nc3ccc(O)cc3oc-2c1.[2H]CF. The van der Waals surface area contributed by atoms with Crippen molar-refractivity contribution in [2.45, 2.75) is 37.5 Å². The molecule has 0 fully saturated rings. The van der Waals surface area contributed by atoms with Crippen molar-refractivity contribution in [2.24, 2.45) is 0 Å². The van der Waals surface area contributed by atoms with E-state index in [0.717, 1.165) is 5.56 Å². The number of nitriles is 2. The molecule has 2 aliphatic heterocycles. The van der Waals surface area contributed by atoms with Crippen molar-refractivity contribution in [3.05, 3.63) is 123 Å². The molecule has 0 atom stereocenters. The molecule has 2 aliphatic carbocycles. The van der Waals surface area contributed by atoms with Crippen LogP contribution in [0.4, 0.5) is 4.39 Å². The number of hydrogen-bond donors (Lipinski definition) is 1. The minimum atomic E-state index is -3.67. The second kappa shape index (κ2) is 20.0. The third-order valence-electron chi connectivity index (χ3n) is 7.34. The molecule has 15 heteroatoms.